The van der Waals surface area contributed by atoms with Crippen LogP contribution in [0.25, 0.3) is 0 Å². The van der Waals surface area contributed by atoms with Crippen LogP contribution < -0.4 is 20.2 Å². The van der Waals surface area contributed by atoms with Crippen molar-refractivity contribution < 1.29 is 19.1 Å². The highest BCUT2D eigenvalue weighted by atomic mass is 16.5. The van der Waals surface area contributed by atoms with Crippen LogP contribution in [-0.4, -0.2) is 31.2 Å². The third-order valence-corrected chi connectivity index (χ3v) is 3.76. The number of hydrogen-bond donors (Lipinski definition) is 2. The standard InChI is InChI=1S/C22H27N3O4/c1-4-28-20-12-18(14-24-25-22(27)21(26)23-13-16(2)3)10-11-19(20)29-15-17-8-6-5-7-9-17/h5-12,14,16H,4,13,15H2,1-3H3,(H,23,26)(H,25,27). The van der Waals surface area contributed by atoms with Gasteiger partial charge in [0.15, 0.2) is 11.5 Å². The van der Waals surface area contributed by atoms with E-state index in [1.807, 2.05) is 51.1 Å². The van der Waals surface area contributed by atoms with Gasteiger partial charge in [-0.1, -0.05) is 44.2 Å². The normalized spacial score (nSPS) is 10.8. The molecule has 0 aliphatic rings. The van der Waals surface area contributed by atoms with E-state index in [9.17, 15) is 9.59 Å². The first-order valence-corrected chi connectivity index (χ1v) is 9.54. The number of carbonyl (C=O) groups excluding carboxylic acids is 2. The Morgan fingerprint density at radius 3 is 2.48 bits per heavy atom. The van der Waals surface area contributed by atoms with Crippen molar-refractivity contribution in [1.29, 1.82) is 0 Å². The SMILES string of the molecule is CCOc1cc(C=NNC(=O)C(=O)NCC(C)C)ccc1OCc1ccccc1. The second-order valence-electron chi connectivity index (χ2n) is 6.72. The zero-order chi connectivity index (χ0) is 21.1. The molecule has 0 heterocycles. The van der Waals surface area contributed by atoms with E-state index in [0.717, 1.165) is 5.56 Å². The fraction of sp³-hybridized carbons (Fsp3) is 0.318. The van der Waals surface area contributed by atoms with Crippen LogP contribution in [0.2, 0.25) is 0 Å². The summed E-state index contributed by atoms with van der Waals surface area (Å²) in [5.74, 6) is -0.0709. The number of hydrogen-bond acceptors (Lipinski definition) is 5. The Bertz CT molecular complexity index is 835. The lowest BCUT2D eigenvalue weighted by Gasteiger charge is -2.12. The van der Waals surface area contributed by atoms with E-state index in [-0.39, 0.29) is 5.92 Å². The van der Waals surface area contributed by atoms with Crippen LogP contribution in [0.1, 0.15) is 31.9 Å². The molecule has 2 amide bonds. The Labute approximate surface area is 171 Å². The maximum absolute atomic E-state index is 11.7. The van der Waals surface area contributed by atoms with Crippen molar-refractivity contribution in [3.63, 3.8) is 0 Å². The maximum atomic E-state index is 11.7. The van der Waals surface area contributed by atoms with E-state index >= 15 is 0 Å². The molecule has 0 saturated heterocycles. The van der Waals surface area contributed by atoms with E-state index in [2.05, 4.69) is 15.8 Å². The zero-order valence-corrected chi connectivity index (χ0v) is 17.0. The van der Waals surface area contributed by atoms with E-state index in [1.54, 1.807) is 18.2 Å². The number of benzene rings is 2. The molecule has 2 aromatic rings. The average molecular weight is 397 g/mol. The Hall–Kier alpha value is -3.35. The first kappa shape index (κ1) is 21.9. The molecule has 154 valence electrons. The fourth-order valence-corrected chi connectivity index (χ4v) is 2.32. The van der Waals surface area contributed by atoms with E-state index in [1.165, 1.54) is 6.21 Å². The van der Waals surface area contributed by atoms with Gasteiger partial charge in [0.1, 0.15) is 6.61 Å². The van der Waals surface area contributed by atoms with Crippen molar-refractivity contribution in [2.45, 2.75) is 27.4 Å². The minimum absolute atomic E-state index is 0.259. The largest absolute Gasteiger partial charge is 0.490 e. The number of rotatable bonds is 9. The van der Waals surface area contributed by atoms with Crippen LogP contribution in [-0.2, 0) is 16.2 Å². The van der Waals surface area contributed by atoms with Gasteiger partial charge < -0.3 is 14.8 Å². The summed E-state index contributed by atoms with van der Waals surface area (Å²) in [4.78, 5) is 23.3. The highest BCUT2D eigenvalue weighted by molar-refractivity contribution is 6.35. The summed E-state index contributed by atoms with van der Waals surface area (Å²) < 4.78 is 11.5. The lowest BCUT2D eigenvalue weighted by Crippen LogP contribution is -2.39. The van der Waals surface area contributed by atoms with Crippen LogP contribution >= 0.6 is 0 Å². The number of ether oxygens (including phenoxy) is 2. The molecule has 0 aromatic heterocycles. The first-order valence-electron chi connectivity index (χ1n) is 9.54. The smallest absolute Gasteiger partial charge is 0.329 e. The number of nitrogens with zero attached hydrogens (tertiary/aromatic N) is 1. The molecule has 0 aliphatic heterocycles. The van der Waals surface area contributed by atoms with E-state index < -0.39 is 11.8 Å². The second-order valence-corrected chi connectivity index (χ2v) is 6.72. The Balaban J connectivity index is 1.96. The minimum Gasteiger partial charge on any atom is -0.490 e. The van der Waals surface area contributed by atoms with Crippen LogP contribution in [0.3, 0.4) is 0 Å². The number of amides is 2. The third-order valence-electron chi connectivity index (χ3n) is 3.76. The number of nitrogens with one attached hydrogen (secondary N) is 2. The molecule has 7 heteroatoms. The van der Waals surface area contributed by atoms with Gasteiger partial charge in [-0.25, -0.2) is 5.43 Å². The Morgan fingerprint density at radius 2 is 1.79 bits per heavy atom. The molecular weight excluding hydrogens is 370 g/mol. The predicted octanol–water partition coefficient (Wildman–Crippen LogP) is 2.89. The quantitative estimate of drug-likeness (QED) is 0.387. The van der Waals surface area contributed by atoms with Gasteiger partial charge in [0.05, 0.1) is 12.8 Å². The maximum Gasteiger partial charge on any atom is 0.329 e. The van der Waals surface area contributed by atoms with Crippen LogP contribution in [0, 0.1) is 5.92 Å². The van der Waals surface area contributed by atoms with Gasteiger partial charge in [-0.2, -0.15) is 5.10 Å². The number of hydrazone groups is 1. The molecule has 29 heavy (non-hydrogen) atoms. The molecule has 0 saturated carbocycles. The molecule has 2 N–H and O–H groups in total. The second kappa shape index (κ2) is 11.5. The van der Waals surface area contributed by atoms with Gasteiger partial charge in [-0.05, 0) is 42.2 Å². The third kappa shape index (κ3) is 7.65. The monoisotopic (exact) mass is 397 g/mol. The molecule has 0 spiro atoms. The summed E-state index contributed by atoms with van der Waals surface area (Å²) in [5, 5.41) is 6.36. The van der Waals surface area contributed by atoms with Crippen molar-refractivity contribution in [1.82, 2.24) is 10.7 Å². The van der Waals surface area contributed by atoms with Gasteiger partial charge in [0.2, 0.25) is 0 Å². The van der Waals surface area contributed by atoms with Crippen molar-refractivity contribution >= 4 is 18.0 Å². The van der Waals surface area contributed by atoms with Gasteiger partial charge in [-0.15, -0.1) is 0 Å². The van der Waals surface area contributed by atoms with E-state index in [0.29, 0.717) is 36.8 Å². The summed E-state index contributed by atoms with van der Waals surface area (Å²) in [7, 11) is 0. The van der Waals surface area contributed by atoms with Crippen LogP contribution in [0.5, 0.6) is 11.5 Å². The van der Waals surface area contributed by atoms with E-state index in [4.69, 9.17) is 9.47 Å². The molecule has 0 bridgehead atoms. The molecule has 2 aromatic carbocycles. The van der Waals surface area contributed by atoms with Gasteiger partial charge >= 0.3 is 11.8 Å². The molecule has 0 atom stereocenters. The lowest BCUT2D eigenvalue weighted by molar-refractivity contribution is -0.139. The first-order chi connectivity index (χ1) is 14.0. The predicted molar refractivity (Wildman–Crippen MR) is 112 cm³/mol. The summed E-state index contributed by atoms with van der Waals surface area (Å²) in [5.41, 5.74) is 3.97. The topological polar surface area (TPSA) is 89.0 Å². The van der Waals surface area contributed by atoms with Gasteiger partial charge in [0, 0.05) is 6.54 Å². The Morgan fingerprint density at radius 1 is 1.03 bits per heavy atom. The lowest BCUT2D eigenvalue weighted by atomic mass is 10.2. The van der Waals surface area contributed by atoms with Crippen molar-refractivity contribution in [3.8, 4) is 11.5 Å². The molecule has 0 fully saturated rings. The average Bonchev–Trinajstić information content (AvgIpc) is 2.72. The fourth-order valence-electron chi connectivity index (χ4n) is 2.32. The summed E-state index contributed by atoms with van der Waals surface area (Å²) in [6.07, 6.45) is 1.44. The van der Waals surface area contributed by atoms with Crippen molar-refractivity contribution in [2.24, 2.45) is 11.0 Å². The molecule has 0 radical (unpaired) electrons. The summed E-state index contributed by atoms with van der Waals surface area (Å²) >= 11 is 0. The Kier molecular flexibility index (Phi) is 8.69. The van der Waals surface area contributed by atoms with Gasteiger partial charge in [-0.3, -0.25) is 9.59 Å². The summed E-state index contributed by atoms with van der Waals surface area (Å²) in [6.45, 7) is 7.11. The highest BCUT2D eigenvalue weighted by Gasteiger charge is 2.12. The van der Waals surface area contributed by atoms with Crippen molar-refractivity contribution in [3.05, 3.63) is 59.7 Å². The molecular formula is C22H27N3O4. The van der Waals surface area contributed by atoms with Crippen LogP contribution in [0.15, 0.2) is 53.6 Å². The molecule has 0 aliphatic carbocycles. The number of carbonyl (C=O) groups is 2. The minimum atomic E-state index is -0.810. The molecule has 2 rings (SSSR count). The van der Waals surface area contributed by atoms with Crippen molar-refractivity contribution in [2.75, 3.05) is 13.2 Å². The zero-order valence-electron chi connectivity index (χ0n) is 17.0. The molecule has 0 unspecified atom stereocenters. The van der Waals surface area contributed by atoms with Gasteiger partial charge in [0.25, 0.3) is 0 Å². The summed E-state index contributed by atoms with van der Waals surface area (Å²) in [6, 6.07) is 15.2. The highest BCUT2D eigenvalue weighted by Crippen LogP contribution is 2.28. The molecule has 7 nitrogen and oxygen atoms in total. The van der Waals surface area contributed by atoms with Crippen LogP contribution in [0.4, 0.5) is 0 Å².